The van der Waals surface area contributed by atoms with Crippen LogP contribution >= 0.6 is 0 Å². The van der Waals surface area contributed by atoms with Gasteiger partial charge in [-0.2, -0.15) is 0 Å². The van der Waals surface area contributed by atoms with Crippen molar-refractivity contribution in [1.82, 2.24) is 10.2 Å². The summed E-state index contributed by atoms with van der Waals surface area (Å²) in [6.07, 6.45) is 2.11. The molecule has 1 aromatic rings. The van der Waals surface area contributed by atoms with Gasteiger partial charge in [0.15, 0.2) is 9.84 Å². The lowest BCUT2D eigenvalue weighted by Gasteiger charge is -2.24. The number of carbonyl (C=O) groups excluding carboxylic acids is 1. The predicted octanol–water partition coefficient (Wildman–Crippen LogP) is 1.12. The highest BCUT2D eigenvalue weighted by Crippen LogP contribution is 2.33. The summed E-state index contributed by atoms with van der Waals surface area (Å²) in [6, 6.07) is 6.37. The quantitative estimate of drug-likeness (QED) is 0.908. The summed E-state index contributed by atoms with van der Waals surface area (Å²) >= 11 is 0. The lowest BCUT2D eigenvalue weighted by Crippen LogP contribution is -2.45. The Labute approximate surface area is 125 Å². The van der Waals surface area contributed by atoms with Gasteiger partial charge in [-0.15, -0.1) is 0 Å². The van der Waals surface area contributed by atoms with Crippen molar-refractivity contribution >= 4 is 15.7 Å². The van der Waals surface area contributed by atoms with E-state index < -0.39 is 9.84 Å². The molecule has 2 unspecified atom stereocenters. The van der Waals surface area contributed by atoms with Crippen LogP contribution in [0.25, 0.3) is 0 Å². The van der Waals surface area contributed by atoms with Crippen LogP contribution < -0.4 is 5.32 Å². The maximum absolute atomic E-state index is 12.3. The number of nitrogens with zero attached hydrogens (tertiary/aromatic N) is 1. The third kappa shape index (κ3) is 2.70. The Balaban J connectivity index is 1.75. The minimum Gasteiger partial charge on any atom is -0.341 e. The molecule has 0 saturated carbocycles. The molecule has 1 aromatic carbocycles. The van der Waals surface area contributed by atoms with Gasteiger partial charge in [0.05, 0.1) is 16.7 Å². The molecule has 0 aromatic heterocycles. The van der Waals surface area contributed by atoms with Crippen molar-refractivity contribution in [3.63, 3.8) is 0 Å². The number of likely N-dealkylation sites (tertiary alicyclic amines) is 1. The van der Waals surface area contributed by atoms with E-state index in [9.17, 15) is 13.2 Å². The predicted molar refractivity (Wildman–Crippen MR) is 79.6 cm³/mol. The van der Waals surface area contributed by atoms with Gasteiger partial charge in [-0.25, -0.2) is 8.42 Å². The van der Waals surface area contributed by atoms with Crippen LogP contribution in [0, 0.1) is 0 Å². The van der Waals surface area contributed by atoms with E-state index in [1.807, 2.05) is 24.0 Å². The average Bonchev–Trinajstić information content (AvgIpc) is 3.06. The van der Waals surface area contributed by atoms with Crippen LogP contribution in [0.3, 0.4) is 0 Å². The highest BCUT2D eigenvalue weighted by molar-refractivity contribution is 7.91. The number of sulfone groups is 1. The van der Waals surface area contributed by atoms with Crippen molar-refractivity contribution in [3.8, 4) is 0 Å². The lowest BCUT2D eigenvalue weighted by molar-refractivity contribution is -0.132. The third-order valence-electron chi connectivity index (χ3n) is 4.25. The summed E-state index contributed by atoms with van der Waals surface area (Å²) < 4.78 is 24.3. The van der Waals surface area contributed by atoms with Crippen LogP contribution in [-0.2, 0) is 14.6 Å². The summed E-state index contributed by atoms with van der Waals surface area (Å²) in [5, 5.41) is 3.20. The molecule has 3 rings (SSSR count). The molecule has 6 heteroatoms. The SMILES string of the molecule is CC(NC1CS(=O)(=O)c2ccccc21)C(=O)N1CCCC1. The van der Waals surface area contributed by atoms with Crippen LogP contribution in [0.1, 0.15) is 31.4 Å². The van der Waals surface area contributed by atoms with Crippen molar-refractivity contribution in [2.75, 3.05) is 18.8 Å². The van der Waals surface area contributed by atoms with E-state index in [-0.39, 0.29) is 23.7 Å². The summed E-state index contributed by atoms with van der Waals surface area (Å²) in [4.78, 5) is 14.6. The zero-order chi connectivity index (χ0) is 15.0. The van der Waals surface area contributed by atoms with Crippen molar-refractivity contribution in [2.24, 2.45) is 0 Å². The first-order valence-electron chi connectivity index (χ1n) is 7.35. The maximum Gasteiger partial charge on any atom is 0.239 e. The fourth-order valence-corrected chi connectivity index (χ4v) is 4.92. The van der Waals surface area contributed by atoms with E-state index in [2.05, 4.69) is 5.32 Å². The van der Waals surface area contributed by atoms with Crippen LogP contribution in [0.5, 0.6) is 0 Å². The molecule has 1 fully saturated rings. The second kappa shape index (κ2) is 5.42. The Morgan fingerprint density at radius 2 is 1.95 bits per heavy atom. The van der Waals surface area contributed by atoms with Gasteiger partial charge < -0.3 is 4.90 Å². The van der Waals surface area contributed by atoms with Gasteiger partial charge in [0, 0.05) is 19.1 Å². The number of hydrogen-bond acceptors (Lipinski definition) is 4. The van der Waals surface area contributed by atoms with Crippen molar-refractivity contribution < 1.29 is 13.2 Å². The number of nitrogens with one attached hydrogen (secondary N) is 1. The molecule has 1 N–H and O–H groups in total. The largest absolute Gasteiger partial charge is 0.341 e. The standard InChI is InChI=1S/C15H20N2O3S/c1-11(15(18)17-8-4-5-9-17)16-13-10-21(19,20)14-7-3-2-6-12(13)14/h2-3,6-7,11,13,16H,4-5,8-10H2,1H3. The Bertz CT molecular complexity index is 651. The average molecular weight is 308 g/mol. The number of carbonyl (C=O) groups is 1. The fraction of sp³-hybridized carbons (Fsp3) is 0.533. The van der Waals surface area contributed by atoms with E-state index >= 15 is 0 Å². The lowest BCUT2D eigenvalue weighted by atomic mass is 10.1. The normalized spacial score (nSPS) is 24.8. The molecule has 21 heavy (non-hydrogen) atoms. The smallest absolute Gasteiger partial charge is 0.239 e. The highest BCUT2D eigenvalue weighted by Gasteiger charge is 2.36. The molecule has 0 bridgehead atoms. The number of benzene rings is 1. The van der Waals surface area contributed by atoms with Gasteiger partial charge in [0.25, 0.3) is 0 Å². The van der Waals surface area contributed by atoms with Crippen LogP contribution in [0.4, 0.5) is 0 Å². The fourth-order valence-electron chi connectivity index (χ4n) is 3.17. The molecule has 2 atom stereocenters. The van der Waals surface area contributed by atoms with E-state index in [1.165, 1.54) is 0 Å². The van der Waals surface area contributed by atoms with E-state index in [4.69, 9.17) is 0 Å². The second-order valence-corrected chi connectivity index (χ2v) is 7.80. The summed E-state index contributed by atoms with van der Waals surface area (Å²) in [6.45, 7) is 3.43. The van der Waals surface area contributed by atoms with Gasteiger partial charge in [-0.3, -0.25) is 10.1 Å². The van der Waals surface area contributed by atoms with Gasteiger partial charge in [-0.1, -0.05) is 18.2 Å². The van der Waals surface area contributed by atoms with Gasteiger partial charge in [0.2, 0.25) is 5.91 Å². The number of hydrogen-bond donors (Lipinski definition) is 1. The summed E-state index contributed by atoms with van der Waals surface area (Å²) in [5.74, 6) is 0.0959. The molecular formula is C15H20N2O3S. The maximum atomic E-state index is 12.3. The monoisotopic (exact) mass is 308 g/mol. The molecule has 2 aliphatic rings. The van der Waals surface area contributed by atoms with Crippen LogP contribution in [-0.4, -0.2) is 44.1 Å². The zero-order valence-corrected chi connectivity index (χ0v) is 12.9. The summed E-state index contributed by atoms with van der Waals surface area (Å²) in [7, 11) is -3.23. The van der Waals surface area contributed by atoms with Crippen LogP contribution in [0.15, 0.2) is 29.2 Å². The molecule has 2 heterocycles. The number of rotatable bonds is 3. The Morgan fingerprint density at radius 3 is 2.67 bits per heavy atom. The van der Waals surface area contributed by atoms with E-state index in [0.29, 0.717) is 4.90 Å². The van der Waals surface area contributed by atoms with Crippen molar-refractivity contribution in [3.05, 3.63) is 29.8 Å². The third-order valence-corrected chi connectivity index (χ3v) is 6.07. The Kier molecular flexibility index (Phi) is 3.75. The number of fused-ring (bicyclic) bond motifs is 1. The molecule has 2 aliphatic heterocycles. The van der Waals surface area contributed by atoms with Gasteiger partial charge >= 0.3 is 0 Å². The minimum atomic E-state index is -3.23. The molecule has 0 radical (unpaired) electrons. The molecule has 0 aliphatic carbocycles. The zero-order valence-electron chi connectivity index (χ0n) is 12.1. The molecule has 5 nitrogen and oxygen atoms in total. The highest BCUT2D eigenvalue weighted by atomic mass is 32.2. The molecule has 1 amide bonds. The second-order valence-electron chi connectivity index (χ2n) is 5.79. The Hall–Kier alpha value is -1.40. The first-order valence-corrected chi connectivity index (χ1v) is 9.01. The summed E-state index contributed by atoms with van der Waals surface area (Å²) in [5.41, 5.74) is 0.776. The molecule has 1 saturated heterocycles. The van der Waals surface area contributed by atoms with Crippen LogP contribution in [0.2, 0.25) is 0 Å². The van der Waals surface area contributed by atoms with E-state index in [1.54, 1.807) is 12.1 Å². The van der Waals surface area contributed by atoms with E-state index in [0.717, 1.165) is 31.5 Å². The van der Waals surface area contributed by atoms with Crippen molar-refractivity contribution in [1.29, 1.82) is 0 Å². The first kappa shape index (κ1) is 14.5. The topological polar surface area (TPSA) is 66.5 Å². The molecular weight excluding hydrogens is 288 g/mol. The van der Waals surface area contributed by atoms with Gasteiger partial charge in [-0.05, 0) is 31.4 Å². The molecule has 0 spiro atoms. The van der Waals surface area contributed by atoms with Crippen molar-refractivity contribution in [2.45, 2.75) is 36.7 Å². The minimum absolute atomic E-state index is 0.0317. The number of amides is 1. The first-order chi connectivity index (χ1) is 9.99. The Morgan fingerprint density at radius 1 is 1.29 bits per heavy atom. The van der Waals surface area contributed by atoms with Gasteiger partial charge in [0.1, 0.15) is 0 Å². The molecule has 114 valence electrons.